The number of rotatable bonds is 2. The monoisotopic (exact) mass is 271 g/mol. The van der Waals surface area contributed by atoms with Gasteiger partial charge in [0.25, 0.3) is 5.91 Å². The Bertz CT molecular complexity index is 657. The molecule has 1 aliphatic rings. The van der Waals surface area contributed by atoms with Gasteiger partial charge in [-0.2, -0.15) is 0 Å². The molecule has 1 fully saturated rings. The zero-order chi connectivity index (χ0) is 14.1. The van der Waals surface area contributed by atoms with Crippen molar-refractivity contribution in [2.75, 3.05) is 25.5 Å². The average molecular weight is 271 g/mol. The molecule has 0 bridgehead atoms. The molecule has 5 heteroatoms. The Morgan fingerprint density at radius 1 is 1.45 bits per heavy atom. The maximum absolute atomic E-state index is 12.4. The first-order valence-electron chi connectivity index (χ1n) is 6.74. The second kappa shape index (κ2) is 5.09. The highest BCUT2D eigenvalue weighted by atomic mass is 16.3. The first-order chi connectivity index (χ1) is 9.69. The molecule has 0 aliphatic carbocycles. The number of carbonyl (C=O) groups excluding carboxylic acids is 1. The largest absolute Gasteiger partial charge is 0.391 e. The fourth-order valence-corrected chi connectivity index (χ4v) is 2.58. The van der Waals surface area contributed by atoms with Gasteiger partial charge >= 0.3 is 0 Å². The van der Waals surface area contributed by atoms with Crippen LogP contribution >= 0.6 is 0 Å². The van der Waals surface area contributed by atoms with Gasteiger partial charge in [0, 0.05) is 31.2 Å². The highest BCUT2D eigenvalue weighted by molar-refractivity contribution is 5.99. The average Bonchev–Trinajstić information content (AvgIpc) is 2.91. The van der Waals surface area contributed by atoms with Gasteiger partial charge in [0.2, 0.25) is 0 Å². The van der Waals surface area contributed by atoms with Crippen molar-refractivity contribution in [2.45, 2.75) is 12.5 Å². The molecule has 2 heterocycles. The van der Waals surface area contributed by atoms with E-state index < -0.39 is 6.10 Å². The number of aliphatic hydroxyl groups excluding tert-OH is 1. The lowest BCUT2D eigenvalue weighted by molar-refractivity contribution is 0.0759. The molecule has 5 nitrogen and oxygen atoms in total. The van der Waals surface area contributed by atoms with Crippen molar-refractivity contribution in [3.8, 4) is 0 Å². The molecule has 104 valence electrons. The summed E-state index contributed by atoms with van der Waals surface area (Å²) in [7, 11) is 1.83. The van der Waals surface area contributed by atoms with E-state index in [1.165, 1.54) is 0 Å². The van der Waals surface area contributed by atoms with Gasteiger partial charge in [0.1, 0.15) is 5.69 Å². The molecule has 1 aromatic carbocycles. The van der Waals surface area contributed by atoms with E-state index in [-0.39, 0.29) is 5.91 Å². The molecule has 0 spiro atoms. The van der Waals surface area contributed by atoms with E-state index in [9.17, 15) is 9.90 Å². The number of hydrogen-bond acceptors (Lipinski definition) is 4. The van der Waals surface area contributed by atoms with E-state index in [1.54, 1.807) is 11.0 Å². The number of nitrogens with one attached hydrogen (secondary N) is 1. The van der Waals surface area contributed by atoms with E-state index in [4.69, 9.17) is 0 Å². The number of benzene rings is 1. The minimum absolute atomic E-state index is 0.121. The minimum atomic E-state index is -0.414. The quantitative estimate of drug-likeness (QED) is 0.868. The zero-order valence-electron chi connectivity index (χ0n) is 11.3. The normalized spacial score (nSPS) is 18.5. The Morgan fingerprint density at radius 3 is 2.95 bits per heavy atom. The molecule has 1 saturated heterocycles. The van der Waals surface area contributed by atoms with Crippen LogP contribution in [0, 0.1) is 0 Å². The fourth-order valence-electron chi connectivity index (χ4n) is 2.58. The summed E-state index contributed by atoms with van der Waals surface area (Å²) in [6.07, 6.45) is 0.223. The van der Waals surface area contributed by atoms with Gasteiger partial charge in [0.15, 0.2) is 0 Å². The van der Waals surface area contributed by atoms with E-state index in [0.29, 0.717) is 25.2 Å². The molecule has 1 amide bonds. The molecule has 2 N–H and O–H groups in total. The summed E-state index contributed by atoms with van der Waals surface area (Å²) in [5.41, 5.74) is 2.10. The first kappa shape index (κ1) is 12.9. The number of likely N-dealkylation sites (tertiary alicyclic amines) is 1. The number of pyridine rings is 1. The maximum atomic E-state index is 12.4. The second-order valence-corrected chi connectivity index (χ2v) is 5.02. The number of β-amino-alcohol motifs (C(OH)–C–C–N with tert-alkyl or cyclic N) is 1. The van der Waals surface area contributed by atoms with Crippen molar-refractivity contribution >= 4 is 22.5 Å². The summed E-state index contributed by atoms with van der Waals surface area (Å²) in [6, 6.07) is 9.50. The summed E-state index contributed by atoms with van der Waals surface area (Å²) in [6.45, 7) is 0.978. The Hall–Kier alpha value is -2.14. The van der Waals surface area contributed by atoms with Crippen LogP contribution in [0.2, 0.25) is 0 Å². The van der Waals surface area contributed by atoms with Crippen LogP contribution in [0.3, 0.4) is 0 Å². The SMILES string of the molecule is CNc1cc(C(=O)N2CCC(O)C2)nc2ccccc12. The van der Waals surface area contributed by atoms with Crippen molar-refractivity contribution in [1.29, 1.82) is 0 Å². The van der Waals surface area contributed by atoms with Crippen LogP contribution in [0.25, 0.3) is 10.9 Å². The molecule has 1 unspecified atom stereocenters. The molecular weight excluding hydrogens is 254 g/mol. The predicted molar refractivity (Wildman–Crippen MR) is 77.8 cm³/mol. The van der Waals surface area contributed by atoms with Crippen LogP contribution in [-0.2, 0) is 0 Å². The zero-order valence-corrected chi connectivity index (χ0v) is 11.3. The van der Waals surface area contributed by atoms with Crippen molar-refractivity contribution in [3.05, 3.63) is 36.0 Å². The van der Waals surface area contributed by atoms with Crippen LogP contribution < -0.4 is 5.32 Å². The third kappa shape index (κ3) is 2.20. The lowest BCUT2D eigenvalue weighted by Gasteiger charge is -2.16. The van der Waals surface area contributed by atoms with Gasteiger partial charge < -0.3 is 15.3 Å². The molecule has 1 aliphatic heterocycles. The van der Waals surface area contributed by atoms with E-state index >= 15 is 0 Å². The lowest BCUT2D eigenvalue weighted by atomic mass is 10.1. The summed E-state index contributed by atoms with van der Waals surface area (Å²) < 4.78 is 0. The summed E-state index contributed by atoms with van der Waals surface area (Å²) in [4.78, 5) is 18.5. The number of para-hydroxylation sites is 1. The summed E-state index contributed by atoms with van der Waals surface area (Å²) >= 11 is 0. The molecule has 1 aromatic heterocycles. The highest BCUT2D eigenvalue weighted by Crippen LogP contribution is 2.24. The number of hydrogen-bond donors (Lipinski definition) is 2. The number of anilines is 1. The highest BCUT2D eigenvalue weighted by Gasteiger charge is 2.26. The van der Waals surface area contributed by atoms with Crippen molar-refractivity contribution in [1.82, 2.24) is 9.88 Å². The number of aliphatic hydroxyl groups is 1. The molecule has 1 atom stereocenters. The summed E-state index contributed by atoms with van der Waals surface area (Å²) in [5, 5.41) is 13.6. The van der Waals surface area contributed by atoms with Gasteiger partial charge in [-0.05, 0) is 18.6 Å². The van der Waals surface area contributed by atoms with Crippen LogP contribution in [0.15, 0.2) is 30.3 Å². The summed E-state index contributed by atoms with van der Waals surface area (Å²) in [5.74, 6) is -0.121. The standard InChI is InChI=1S/C15H17N3O2/c1-16-13-8-14(15(20)18-7-6-10(19)9-18)17-12-5-3-2-4-11(12)13/h2-5,8,10,19H,6-7,9H2,1H3,(H,16,17). The van der Waals surface area contributed by atoms with E-state index in [2.05, 4.69) is 10.3 Å². The third-order valence-electron chi connectivity index (χ3n) is 3.66. The number of amides is 1. The van der Waals surface area contributed by atoms with Crippen molar-refractivity contribution in [3.63, 3.8) is 0 Å². The number of nitrogens with zero attached hydrogens (tertiary/aromatic N) is 2. The smallest absolute Gasteiger partial charge is 0.272 e. The topological polar surface area (TPSA) is 65.5 Å². The molecule has 2 aromatic rings. The van der Waals surface area contributed by atoms with Crippen LogP contribution in [0.1, 0.15) is 16.9 Å². The van der Waals surface area contributed by atoms with Gasteiger partial charge in [-0.1, -0.05) is 18.2 Å². The molecular formula is C15H17N3O2. The predicted octanol–water partition coefficient (Wildman–Crippen LogP) is 1.48. The first-order valence-corrected chi connectivity index (χ1v) is 6.74. The molecule has 0 radical (unpaired) electrons. The Labute approximate surface area is 117 Å². The minimum Gasteiger partial charge on any atom is -0.391 e. The number of carbonyl (C=O) groups is 1. The number of aromatic nitrogens is 1. The number of fused-ring (bicyclic) bond motifs is 1. The third-order valence-corrected chi connectivity index (χ3v) is 3.66. The molecule has 3 rings (SSSR count). The van der Waals surface area contributed by atoms with Crippen LogP contribution in [0.4, 0.5) is 5.69 Å². The van der Waals surface area contributed by atoms with Gasteiger partial charge in [-0.15, -0.1) is 0 Å². The van der Waals surface area contributed by atoms with E-state index in [1.807, 2.05) is 31.3 Å². The van der Waals surface area contributed by atoms with Gasteiger partial charge in [-0.3, -0.25) is 4.79 Å². The van der Waals surface area contributed by atoms with Crippen molar-refractivity contribution in [2.24, 2.45) is 0 Å². The van der Waals surface area contributed by atoms with Crippen LogP contribution in [0.5, 0.6) is 0 Å². The Kier molecular flexibility index (Phi) is 3.28. The fraction of sp³-hybridized carbons (Fsp3) is 0.333. The Morgan fingerprint density at radius 2 is 2.25 bits per heavy atom. The lowest BCUT2D eigenvalue weighted by Crippen LogP contribution is -2.30. The Balaban J connectivity index is 2.01. The van der Waals surface area contributed by atoms with Crippen LogP contribution in [-0.4, -0.2) is 47.1 Å². The van der Waals surface area contributed by atoms with Gasteiger partial charge in [-0.25, -0.2) is 4.98 Å². The van der Waals surface area contributed by atoms with E-state index in [0.717, 1.165) is 16.6 Å². The maximum Gasteiger partial charge on any atom is 0.272 e. The molecule has 20 heavy (non-hydrogen) atoms. The van der Waals surface area contributed by atoms with Gasteiger partial charge in [0.05, 0.1) is 11.6 Å². The second-order valence-electron chi connectivity index (χ2n) is 5.02. The van der Waals surface area contributed by atoms with Crippen molar-refractivity contribution < 1.29 is 9.90 Å². The molecule has 0 saturated carbocycles.